The van der Waals surface area contributed by atoms with Gasteiger partial charge in [0.1, 0.15) is 5.97 Å². The molecule has 0 heterocycles. The summed E-state index contributed by atoms with van der Waals surface area (Å²) in [6.07, 6.45) is -38.4. The van der Waals surface area contributed by atoms with Gasteiger partial charge in [-0.25, -0.2) is 18.9 Å². The van der Waals surface area contributed by atoms with Crippen molar-refractivity contribution in [3.05, 3.63) is 0 Å². The third-order valence-electron chi connectivity index (χ3n) is 1.43. The standard InChI is InChI=1S/C7HF13O7.Na/c8-2(9,1(21)22)23-4(13,14)25-6(17,18)27-7(19,20)26-5(15,16)24-3(10,11)12;/h(H,21,22);/q;+1/p-1. The van der Waals surface area contributed by atoms with Crippen molar-refractivity contribution in [1.29, 1.82) is 0 Å². The minimum Gasteiger partial charge on any atom is -0.542 e. The van der Waals surface area contributed by atoms with Crippen LogP contribution in [-0.2, 0) is 28.5 Å². The average molecular weight is 466 g/mol. The smallest absolute Gasteiger partial charge is 0.542 e. The van der Waals surface area contributed by atoms with Crippen LogP contribution in [0, 0.1) is 0 Å². The van der Waals surface area contributed by atoms with Gasteiger partial charge in [0.2, 0.25) is 0 Å². The van der Waals surface area contributed by atoms with E-state index in [4.69, 9.17) is 0 Å². The van der Waals surface area contributed by atoms with Gasteiger partial charge >= 0.3 is 67.2 Å². The van der Waals surface area contributed by atoms with Crippen LogP contribution in [0.25, 0.3) is 0 Å². The van der Waals surface area contributed by atoms with Crippen molar-refractivity contribution in [2.45, 2.75) is 37.6 Å². The Labute approximate surface area is 164 Å². The Hall–Kier alpha value is -0.640. The Morgan fingerprint density at radius 3 is 1.04 bits per heavy atom. The molecular formula is C7F13NaO7. The molecule has 0 aliphatic rings. The molecular weight excluding hydrogens is 466 g/mol. The van der Waals surface area contributed by atoms with Crippen molar-refractivity contribution < 1.29 is 120 Å². The predicted molar refractivity (Wildman–Crippen MR) is 41.2 cm³/mol. The normalized spacial score (nSPS) is 14.6. The van der Waals surface area contributed by atoms with Crippen molar-refractivity contribution in [2.75, 3.05) is 0 Å². The van der Waals surface area contributed by atoms with Crippen molar-refractivity contribution in [3.63, 3.8) is 0 Å². The zero-order chi connectivity index (χ0) is 22.1. The Morgan fingerprint density at radius 2 is 0.786 bits per heavy atom. The maximum Gasteiger partial charge on any atom is 1.00 e. The third kappa shape index (κ3) is 12.0. The van der Waals surface area contributed by atoms with Crippen molar-refractivity contribution >= 4 is 5.97 Å². The van der Waals surface area contributed by atoms with E-state index in [2.05, 4.69) is 0 Å². The Balaban J connectivity index is 0. The largest absolute Gasteiger partial charge is 1.00 e. The molecule has 0 saturated carbocycles. The molecule has 0 aromatic rings. The van der Waals surface area contributed by atoms with Gasteiger partial charge in [-0.1, -0.05) is 0 Å². The molecule has 0 unspecified atom stereocenters. The Bertz CT molecular complexity index is 536. The fourth-order valence-corrected chi connectivity index (χ4v) is 0.824. The number of halogens is 13. The molecule has 0 radical (unpaired) electrons. The minimum atomic E-state index is -6.59. The van der Waals surface area contributed by atoms with E-state index in [-0.39, 0.29) is 29.6 Å². The van der Waals surface area contributed by atoms with Crippen LogP contribution in [0.3, 0.4) is 0 Å². The summed E-state index contributed by atoms with van der Waals surface area (Å²) in [4.78, 5) is 9.64. The van der Waals surface area contributed by atoms with E-state index in [0.717, 1.165) is 0 Å². The van der Waals surface area contributed by atoms with Crippen LogP contribution in [0.1, 0.15) is 0 Å². The van der Waals surface area contributed by atoms with Crippen LogP contribution < -0.4 is 34.7 Å². The predicted octanol–water partition coefficient (Wildman–Crippen LogP) is -0.863. The molecule has 0 aromatic heterocycles. The third-order valence-corrected chi connectivity index (χ3v) is 1.43. The number of carboxylic acids is 1. The molecule has 162 valence electrons. The summed E-state index contributed by atoms with van der Waals surface area (Å²) in [6, 6.07) is 0. The molecule has 0 N–H and O–H groups in total. The number of carbonyl (C=O) groups is 1. The number of carboxylic acid groups (broad SMARTS) is 1. The maximum absolute atomic E-state index is 12.6. The molecule has 0 spiro atoms. The molecule has 0 aliphatic heterocycles. The van der Waals surface area contributed by atoms with Crippen LogP contribution in [0.15, 0.2) is 0 Å². The van der Waals surface area contributed by atoms with Gasteiger partial charge in [-0.15, -0.1) is 48.3 Å². The molecule has 0 atom stereocenters. The number of ether oxygens (including phenoxy) is 5. The van der Waals surface area contributed by atoms with E-state index >= 15 is 0 Å². The molecule has 21 heteroatoms. The van der Waals surface area contributed by atoms with Gasteiger partial charge in [-0.2, -0.15) is 13.5 Å². The van der Waals surface area contributed by atoms with Gasteiger partial charge < -0.3 is 9.90 Å². The van der Waals surface area contributed by atoms with E-state index in [9.17, 15) is 67.0 Å². The van der Waals surface area contributed by atoms with E-state index in [1.165, 1.54) is 0 Å². The van der Waals surface area contributed by atoms with E-state index in [1.54, 1.807) is 14.2 Å². The van der Waals surface area contributed by atoms with Crippen LogP contribution in [-0.4, -0.2) is 43.6 Å². The number of aliphatic carboxylic acids is 1. The quantitative estimate of drug-likeness (QED) is 0.236. The molecule has 0 saturated heterocycles. The van der Waals surface area contributed by atoms with Gasteiger partial charge in [0.25, 0.3) is 0 Å². The Morgan fingerprint density at radius 1 is 0.536 bits per heavy atom. The fourth-order valence-electron chi connectivity index (χ4n) is 0.824. The van der Waals surface area contributed by atoms with E-state index in [1.807, 2.05) is 9.47 Å². The summed E-state index contributed by atoms with van der Waals surface area (Å²) in [5.74, 6) is -3.74. The van der Waals surface area contributed by atoms with Crippen molar-refractivity contribution in [2.24, 2.45) is 0 Å². The molecule has 0 aliphatic carbocycles. The summed E-state index contributed by atoms with van der Waals surface area (Å²) in [6.45, 7) is 0. The Kier molecular flexibility index (Phi) is 9.52. The molecule has 28 heavy (non-hydrogen) atoms. The van der Waals surface area contributed by atoms with E-state index in [0.29, 0.717) is 0 Å². The number of hydrogen-bond donors (Lipinski definition) is 0. The summed E-state index contributed by atoms with van der Waals surface area (Å²) < 4.78 is 168. The minimum absolute atomic E-state index is 0. The molecule has 0 aromatic carbocycles. The van der Waals surface area contributed by atoms with Gasteiger partial charge in [0, 0.05) is 0 Å². The number of rotatable bonds is 10. The van der Waals surface area contributed by atoms with E-state index < -0.39 is 43.6 Å². The zero-order valence-corrected chi connectivity index (χ0v) is 14.3. The molecule has 0 bridgehead atoms. The van der Waals surface area contributed by atoms with Gasteiger partial charge in [0.15, 0.2) is 0 Å². The first-order valence-electron chi connectivity index (χ1n) is 5.16. The topological polar surface area (TPSA) is 86.3 Å². The molecule has 0 amide bonds. The summed E-state index contributed by atoms with van der Waals surface area (Å²) >= 11 is 0. The zero-order valence-electron chi connectivity index (χ0n) is 12.3. The molecule has 7 nitrogen and oxygen atoms in total. The summed E-state index contributed by atoms with van der Waals surface area (Å²) in [5, 5.41) is 9.64. The monoisotopic (exact) mass is 466 g/mol. The first-order valence-corrected chi connectivity index (χ1v) is 5.16. The van der Waals surface area contributed by atoms with Crippen LogP contribution in [0.2, 0.25) is 0 Å². The molecule has 0 fully saturated rings. The number of alkyl halides is 13. The van der Waals surface area contributed by atoms with Crippen LogP contribution >= 0.6 is 0 Å². The number of hydrogen-bond acceptors (Lipinski definition) is 7. The number of carbonyl (C=O) groups excluding carboxylic acids is 1. The fraction of sp³-hybridized carbons (Fsp3) is 0.857. The van der Waals surface area contributed by atoms with Gasteiger partial charge in [-0.3, -0.25) is 0 Å². The second-order valence-corrected chi connectivity index (χ2v) is 3.61. The first kappa shape index (κ1) is 29.6. The summed E-state index contributed by atoms with van der Waals surface area (Å²) in [7, 11) is 0. The van der Waals surface area contributed by atoms with Crippen LogP contribution in [0.5, 0.6) is 0 Å². The second-order valence-electron chi connectivity index (χ2n) is 3.61. The first-order chi connectivity index (χ1) is 11.5. The average Bonchev–Trinajstić information content (AvgIpc) is 2.15. The summed E-state index contributed by atoms with van der Waals surface area (Å²) in [5.41, 5.74) is 0. The second kappa shape index (κ2) is 9.02. The van der Waals surface area contributed by atoms with Gasteiger partial charge in [0.05, 0.1) is 0 Å². The maximum atomic E-state index is 12.6. The van der Waals surface area contributed by atoms with Crippen LogP contribution in [0.4, 0.5) is 57.1 Å². The van der Waals surface area contributed by atoms with Gasteiger partial charge in [-0.05, 0) is 0 Å². The van der Waals surface area contributed by atoms with Crippen molar-refractivity contribution in [1.82, 2.24) is 0 Å². The SMILES string of the molecule is O=C([O-])C(F)(F)OC(F)(F)OC(F)(F)OC(F)(F)OC(F)(F)OC(F)(F)F.[Na+]. The van der Waals surface area contributed by atoms with Crippen molar-refractivity contribution in [3.8, 4) is 0 Å². The molecule has 0 rings (SSSR count).